The highest BCUT2D eigenvalue weighted by Gasteiger charge is 2.23. The van der Waals surface area contributed by atoms with E-state index >= 15 is 0 Å². The molecule has 0 unspecified atom stereocenters. The van der Waals surface area contributed by atoms with Crippen LogP contribution in [0.1, 0.15) is 0 Å². The summed E-state index contributed by atoms with van der Waals surface area (Å²) in [6, 6.07) is 109. The van der Waals surface area contributed by atoms with Crippen LogP contribution in [0.3, 0.4) is 0 Å². The van der Waals surface area contributed by atoms with Crippen LogP contribution >= 0.6 is 0 Å². The highest BCUT2D eigenvalue weighted by atomic mass is 15.2. The summed E-state index contributed by atoms with van der Waals surface area (Å²) >= 11 is 0. The first-order valence-electron chi connectivity index (χ1n) is 27.9. The SMILES string of the molecule is c1ccc(N(c2ccc(-c3nc4ccccc4nc3-c3ccc(N(c4ccccc4)c4ccc(-n5c6ccccc6c6ccccc65)c5ccccc45)cc3)cc2)c2cccc3c(-n4c5ccccc5c5ccccc54)cccc23)cc1. The Morgan fingerprint density at radius 3 is 0.988 bits per heavy atom. The number of rotatable bonds is 10. The molecule has 82 heavy (non-hydrogen) atoms. The standard InChI is InChI=1S/C76H50N6/c1-3-21-53(22-4-1)79(67-39-19-32-64-63(67)31-20-40-72(64)81-68-35-15-9-27-57(68)58-28-10-16-36-69(58)81)55-45-41-51(42-46-55)75-76(78-66-34-14-13-33-65(66)77-75)52-43-47-56(48-44-52)80(54-23-5-2-6-24-54)73-49-50-74(62-26-8-7-25-61(62)73)82-70-37-17-11-29-59(70)60-30-12-18-38-71(60)82/h1-50H. The van der Waals surface area contributed by atoms with Gasteiger partial charge in [-0.2, -0.15) is 0 Å². The molecule has 0 saturated carbocycles. The van der Waals surface area contributed by atoms with Gasteiger partial charge >= 0.3 is 0 Å². The number of anilines is 6. The van der Waals surface area contributed by atoms with Gasteiger partial charge in [-0.05, 0) is 109 Å². The van der Waals surface area contributed by atoms with Crippen molar-refractivity contribution >= 4 is 110 Å². The normalized spacial score (nSPS) is 11.7. The number of hydrogen-bond acceptors (Lipinski definition) is 4. The van der Waals surface area contributed by atoms with Crippen molar-refractivity contribution in [3.63, 3.8) is 0 Å². The second-order valence-corrected chi connectivity index (χ2v) is 20.9. The molecule has 0 amide bonds. The monoisotopic (exact) mass is 1050 g/mol. The molecule has 6 nitrogen and oxygen atoms in total. The average molecular weight is 1050 g/mol. The van der Waals surface area contributed by atoms with E-state index in [2.05, 4.69) is 298 Å². The fourth-order valence-electron chi connectivity index (χ4n) is 12.6. The van der Waals surface area contributed by atoms with E-state index in [0.717, 1.165) is 89.8 Å². The van der Waals surface area contributed by atoms with Crippen molar-refractivity contribution in [1.29, 1.82) is 0 Å². The van der Waals surface area contributed by atoms with Crippen molar-refractivity contribution in [1.82, 2.24) is 19.1 Å². The van der Waals surface area contributed by atoms with E-state index in [0.29, 0.717) is 0 Å². The molecule has 13 aromatic carbocycles. The summed E-state index contributed by atoms with van der Waals surface area (Å²) < 4.78 is 4.84. The van der Waals surface area contributed by atoms with Crippen LogP contribution in [-0.4, -0.2) is 19.1 Å². The van der Waals surface area contributed by atoms with Crippen molar-refractivity contribution < 1.29 is 0 Å². The number of benzene rings is 13. The lowest BCUT2D eigenvalue weighted by atomic mass is 10.0. The van der Waals surface area contributed by atoms with Crippen molar-refractivity contribution in [2.24, 2.45) is 0 Å². The van der Waals surface area contributed by atoms with Crippen molar-refractivity contribution in [2.45, 2.75) is 0 Å². The van der Waals surface area contributed by atoms with Crippen molar-refractivity contribution in [2.75, 3.05) is 9.80 Å². The van der Waals surface area contributed by atoms with Crippen LogP contribution in [-0.2, 0) is 0 Å². The molecular formula is C76H50N6. The summed E-state index contributed by atoms with van der Waals surface area (Å²) in [7, 11) is 0. The number of hydrogen-bond donors (Lipinski definition) is 0. The molecular weight excluding hydrogens is 997 g/mol. The lowest BCUT2D eigenvalue weighted by Gasteiger charge is -2.28. The fourth-order valence-corrected chi connectivity index (χ4v) is 12.6. The lowest BCUT2D eigenvalue weighted by Crippen LogP contribution is -2.11. The topological polar surface area (TPSA) is 42.1 Å². The summed E-state index contributed by atoms with van der Waals surface area (Å²) in [6.45, 7) is 0. The van der Waals surface area contributed by atoms with Gasteiger partial charge < -0.3 is 18.9 Å². The van der Waals surface area contributed by atoms with Crippen molar-refractivity contribution in [3.8, 4) is 33.9 Å². The highest BCUT2D eigenvalue weighted by molar-refractivity contribution is 6.13. The summed E-state index contributed by atoms with van der Waals surface area (Å²) in [4.78, 5) is 15.5. The van der Waals surface area contributed by atoms with Gasteiger partial charge in [-0.3, -0.25) is 0 Å². The van der Waals surface area contributed by atoms with E-state index in [9.17, 15) is 0 Å². The first-order chi connectivity index (χ1) is 40.7. The third-order valence-corrected chi connectivity index (χ3v) is 16.3. The Morgan fingerprint density at radius 1 is 0.220 bits per heavy atom. The first kappa shape index (κ1) is 47.0. The van der Waals surface area contributed by atoms with Crippen LogP contribution < -0.4 is 9.80 Å². The Labute approximate surface area is 473 Å². The number of aromatic nitrogens is 4. The predicted octanol–water partition coefficient (Wildman–Crippen LogP) is 20.4. The van der Waals surface area contributed by atoms with Gasteiger partial charge in [0.1, 0.15) is 0 Å². The molecule has 0 saturated heterocycles. The van der Waals surface area contributed by atoms with Gasteiger partial charge in [-0.1, -0.05) is 194 Å². The molecule has 0 N–H and O–H groups in total. The molecule has 16 rings (SSSR count). The third-order valence-electron chi connectivity index (χ3n) is 16.3. The molecule has 0 aliphatic rings. The first-order valence-corrected chi connectivity index (χ1v) is 27.9. The minimum atomic E-state index is 0.816. The van der Waals surface area contributed by atoms with Crippen LogP contribution in [0.2, 0.25) is 0 Å². The number of para-hydroxylation sites is 8. The maximum absolute atomic E-state index is 5.39. The maximum atomic E-state index is 5.39. The molecule has 16 aromatic rings. The van der Waals surface area contributed by atoms with E-state index in [4.69, 9.17) is 9.97 Å². The predicted molar refractivity (Wildman–Crippen MR) is 343 cm³/mol. The Morgan fingerprint density at radius 2 is 0.537 bits per heavy atom. The quantitative estimate of drug-likeness (QED) is 0.137. The van der Waals surface area contributed by atoms with E-state index in [-0.39, 0.29) is 0 Å². The van der Waals surface area contributed by atoms with Crippen LogP contribution in [0.5, 0.6) is 0 Å². The summed E-state index contributed by atoms with van der Waals surface area (Å²) in [5.41, 5.74) is 18.6. The maximum Gasteiger partial charge on any atom is 0.0973 e. The highest BCUT2D eigenvalue weighted by Crippen LogP contribution is 2.46. The largest absolute Gasteiger partial charge is 0.310 e. The third kappa shape index (κ3) is 7.65. The lowest BCUT2D eigenvalue weighted by molar-refractivity contribution is 1.19. The van der Waals surface area contributed by atoms with Crippen LogP contribution in [0.25, 0.3) is 110 Å². The molecule has 0 aliphatic heterocycles. The molecule has 3 aromatic heterocycles. The smallest absolute Gasteiger partial charge is 0.0973 e. The average Bonchev–Trinajstić information content (AvgIpc) is 3.73. The summed E-state index contributed by atoms with van der Waals surface area (Å²) in [6.07, 6.45) is 0. The zero-order valence-electron chi connectivity index (χ0n) is 44.6. The molecule has 0 aliphatic carbocycles. The zero-order chi connectivity index (χ0) is 54.1. The second-order valence-electron chi connectivity index (χ2n) is 20.9. The van der Waals surface area contributed by atoms with Gasteiger partial charge in [-0.25, -0.2) is 9.97 Å². The van der Waals surface area contributed by atoms with Gasteiger partial charge in [0.15, 0.2) is 0 Å². The molecule has 0 radical (unpaired) electrons. The number of fused-ring (bicyclic) bond motifs is 9. The van der Waals surface area contributed by atoms with Crippen LogP contribution in [0, 0.1) is 0 Å². The van der Waals surface area contributed by atoms with Gasteiger partial charge in [0, 0.05) is 77.0 Å². The van der Waals surface area contributed by atoms with Gasteiger partial charge in [0.2, 0.25) is 0 Å². The zero-order valence-corrected chi connectivity index (χ0v) is 44.6. The number of nitrogens with zero attached hydrogens (tertiary/aromatic N) is 6. The fraction of sp³-hybridized carbons (Fsp3) is 0. The van der Waals surface area contributed by atoms with E-state index < -0.39 is 0 Å². The Balaban J connectivity index is 0.796. The molecule has 0 atom stereocenters. The van der Waals surface area contributed by atoms with Gasteiger partial charge in [0.25, 0.3) is 0 Å². The molecule has 384 valence electrons. The Bertz CT molecular complexity index is 4720. The molecule has 0 fully saturated rings. The summed E-state index contributed by atoms with van der Waals surface area (Å²) in [5, 5.41) is 9.60. The van der Waals surface area contributed by atoms with Gasteiger partial charge in [-0.15, -0.1) is 0 Å². The Kier molecular flexibility index (Phi) is 11.1. The van der Waals surface area contributed by atoms with Crippen molar-refractivity contribution in [3.05, 3.63) is 303 Å². The van der Waals surface area contributed by atoms with Gasteiger partial charge in [0.05, 0.1) is 67.2 Å². The van der Waals surface area contributed by atoms with E-state index in [1.165, 1.54) is 54.4 Å². The molecule has 3 heterocycles. The summed E-state index contributed by atoms with van der Waals surface area (Å²) in [5.74, 6) is 0. The minimum Gasteiger partial charge on any atom is -0.310 e. The molecule has 0 spiro atoms. The molecule has 6 heteroatoms. The Hall–Kier alpha value is -11.1. The minimum absolute atomic E-state index is 0.816. The molecule has 0 bridgehead atoms. The van der Waals surface area contributed by atoms with E-state index in [1.54, 1.807) is 0 Å². The van der Waals surface area contributed by atoms with Crippen LogP contribution in [0.4, 0.5) is 34.1 Å². The van der Waals surface area contributed by atoms with Crippen LogP contribution in [0.15, 0.2) is 303 Å². The van der Waals surface area contributed by atoms with E-state index in [1.807, 2.05) is 24.3 Å². The second kappa shape index (κ2) is 19.4.